The van der Waals surface area contributed by atoms with Gasteiger partial charge in [-0.1, -0.05) is 41.2 Å². The molecule has 0 N–H and O–H groups in total. The van der Waals surface area contributed by atoms with E-state index in [1.54, 1.807) is 6.07 Å². The number of nitrogens with zero attached hydrogens (tertiary/aromatic N) is 7. The van der Waals surface area contributed by atoms with Crippen LogP contribution < -0.4 is 0 Å². The number of hydrogen-bond acceptors (Lipinski definition) is 3. The van der Waals surface area contributed by atoms with Crippen LogP contribution in [0.2, 0.25) is 10.0 Å². The molecule has 0 aliphatic heterocycles. The van der Waals surface area contributed by atoms with Gasteiger partial charge in [0.2, 0.25) is 0 Å². The van der Waals surface area contributed by atoms with Gasteiger partial charge in [0.1, 0.15) is 5.65 Å². The first kappa shape index (κ1) is 23.2. The number of rotatable bonds is 10. The molecule has 0 amide bonds. The Morgan fingerprint density at radius 3 is 2.73 bits per heavy atom. The number of benzene rings is 1. The standard InChI is InChI=1S/C24H25Cl2N7/c1-17-23(13-19-12-21(25)7-8-22(19)26)33-16-18(6-9-24(33)30-17)20-14-29-32(15-20)11-5-3-2-4-10-28-31-27/h6-9,12,14-16H,2-5,10-11,13H2,1H3. The molecular weight excluding hydrogens is 457 g/mol. The zero-order valence-corrected chi connectivity index (χ0v) is 20.0. The lowest BCUT2D eigenvalue weighted by molar-refractivity contribution is 0.537. The summed E-state index contributed by atoms with van der Waals surface area (Å²) >= 11 is 12.6. The second-order valence-electron chi connectivity index (χ2n) is 8.06. The van der Waals surface area contributed by atoms with Gasteiger partial charge < -0.3 is 4.40 Å². The fourth-order valence-electron chi connectivity index (χ4n) is 3.94. The van der Waals surface area contributed by atoms with E-state index in [4.69, 9.17) is 33.7 Å². The van der Waals surface area contributed by atoms with Crippen molar-refractivity contribution in [1.82, 2.24) is 19.2 Å². The molecule has 0 spiro atoms. The van der Waals surface area contributed by atoms with Gasteiger partial charge in [0, 0.05) is 63.7 Å². The normalized spacial score (nSPS) is 11.1. The number of aromatic nitrogens is 4. The van der Waals surface area contributed by atoms with Crippen LogP contribution >= 0.6 is 23.2 Å². The molecule has 3 heterocycles. The van der Waals surface area contributed by atoms with Crippen molar-refractivity contribution in [2.45, 2.75) is 45.6 Å². The molecule has 0 aliphatic rings. The van der Waals surface area contributed by atoms with E-state index in [-0.39, 0.29) is 0 Å². The van der Waals surface area contributed by atoms with Crippen LogP contribution in [0.3, 0.4) is 0 Å². The first-order valence-electron chi connectivity index (χ1n) is 11.0. The molecule has 0 saturated carbocycles. The fraction of sp³-hybridized carbons (Fsp3) is 0.333. The molecule has 0 fully saturated rings. The first-order chi connectivity index (χ1) is 16.0. The zero-order chi connectivity index (χ0) is 23.2. The minimum absolute atomic E-state index is 0.574. The second kappa shape index (κ2) is 10.8. The quantitative estimate of drug-likeness (QED) is 0.103. The summed E-state index contributed by atoms with van der Waals surface area (Å²) in [6, 6.07) is 9.65. The molecular formula is C24H25Cl2N7. The number of pyridine rings is 1. The second-order valence-corrected chi connectivity index (χ2v) is 8.91. The summed E-state index contributed by atoms with van der Waals surface area (Å²) in [6.07, 6.45) is 10.9. The number of unbranched alkanes of at least 4 members (excludes halogenated alkanes) is 3. The summed E-state index contributed by atoms with van der Waals surface area (Å²) in [4.78, 5) is 7.50. The third-order valence-corrected chi connectivity index (χ3v) is 6.31. The summed E-state index contributed by atoms with van der Waals surface area (Å²) in [7, 11) is 0. The Balaban J connectivity index is 1.49. The molecule has 3 aromatic heterocycles. The van der Waals surface area contributed by atoms with E-state index >= 15 is 0 Å². The molecule has 1 aromatic carbocycles. The molecule has 4 rings (SSSR count). The van der Waals surface area contributed by atoms with Crippen LogP contribution in [-0.4, -0.2) is 25.7 Å². The Bertz CT molecular complexity index is 1300. The Hall–Kier alpha value is -2.99. The largest absolute Gasteiger partial charge is 0.303 e. The molecule has 9 heteroatoms. The van der Waals surface area contributed by atoms with Gasteiger partial charge in [-0.25, -0.2) is 4.98 Å². The third kappa shape index (κ3) is 5.69. The van der Waals surface area contributed by atoms with Crippen LogP contribution in [0.1, 0.15) is 42.6 Å². The topological polar surface area (TPSA) is 83.9 Å². The van der Waals surface area contributed by atoms with Gasteiger partial charge in [-0.15, -0.1) is 0 Å². The van der Waals surface area contributed by atoms with Crippen molar-refractivity contribution in [1.29, 1.82) is 0 Å². The molecule has 0 bridgehead atoms. The minimum atomic E-state index is 0.574. The molecule has 0 atom stereocenters. The zero-order valence-electron chi connectivity index (χ0n) is 18.5. The Kier molecular flexibility index (Phi) is 7.55. The number of fused-ring (bicyclic) bond motifs is 1. The van der Waals surface area contributed by atoms with Crippen molar-refractivity contribution < 1.29 is 0 Å². The van der Waals surface area contributed by atoms with Gasteiger partial charge >= 0.3 is 0 Å². The fourth-order valence-corrected chi connectivity index (χ4v) is 4.32. The van der Waals surface area contributed by atoms with Crippen LogP contribution in [0.5, 0.6) is 0 Å². The van der Waals surface area contributed by atoms with E-state index in [1.165, 1.54) is 0 Å². The van der Waals surface area contributed by atoms with Crippen LogP contribution in [0.4, 0.5) is 0 Å². The van der Waals surface area contributed by atoms with E-state index < -0.39 is 0 Å². The maximum Gasteiger partial charge on any atom is 0.137 e. The average molecular weight is 482 g/mol. The summed E-state index contributed by atoms with van der Waals surface area (Å²) in [5.41, 5.74) is 14.4. The first-order valence-corrected chi connectivity index (χ1v) is 11.8. The number of halogens is 2. The minimum Gasteiger partial charge on any atom is -0.303 e. The summed E-state index contributed by atoms with van der Waals surface area (Å²) in [5, 5.41) is 9.47. The molecule has 0 saturated heterocycles. The predicted octanol–water partition coefficient (Wildman–Crippen LogP) is 7.27. The third-order valence-electron chi connectivity index (χ3n) is 5.71. The Morgan fingerprint density at radius 2 is 1.88 bits per heavy atom. The van der Waals surface area contributed by atoms with Gasteiger partial charge in [0.25, 0.3) is 0 Å². The molecule has 0 radical (unpaired) electrons. The predicted molar refractivity (Wildman–Crippen MR) is 133 cm³/mol. The Morgan fingerprint density at radius 1 is 1.03 bits per heavy atom. The highest BCUT2D eigenvalue weighted by Gasteiger charge is 2.13. The lowest BCUT2D eigenvalue weighted by Crippen LogP contribution is -1.98. The lowest BCUT2D eigenvalue weighted by atomic mass is 10.1. The van der Waals surface area contributed by atoms with Crippen molar-refractivity contribution in [2.24, 2.45) is 5.11 Å². The van der Waals surface area contributed by atoms with E-state index in [0.717, 1.165) is 66.0 Å². The van der Waals surface area contributed by atoms with Gasteiger partial charge in [-0.2, -0.15) is 5.10 Å². The molecule has 4 aromatic rings. The van der Waals surface area contributed by atoms with E-state index in [2.05, 4.69) is 38.0 Å². The lowest BCUT2D eigenvalue weighted by Gasteiger charge is -2.08. The maximum atomic E-state index is 8.31. The monoisotopic (exact) mass is 481 g/mol. The van der Waals surface area contributed by atoms with Crippen molar-refractivity contribution in [3.05, 3.63) is 86.4 Å². The van der Waals surface area contributed by atoms with Gasteiger partial charge in [0.05, 0.1) is 11.9 Å². The van der Waals surface area contributed by atoms with Crippen LogP contribution in [0.15, 0.2) is 54.0 Å². The molecule has 7 nitrogen and oxygen atoms in total. The highest BCUT2D eigenvalue weighted by Crippen LogP contribution is 2.27. The van der Waals surface area contributed by atoms with Crippen LogP contribution in [-0.2, 0) is 13.0 Å². The van der Waals surface area contributed by atoms with E-state index in [9.17, 15) is 0 Å². The number of hydrogen-bond donors (Lipinski definition) is 0. The van der Waals surface area contributed by atoms with Crippen molar-refractivity contribution in [2.75, 3.05) is 6.54 Å². The highest BCUT2D eigenvalue weighted by molar-refractivity contribution is 6.33. The smallest absolute Gasteiger partial charge is 0.137 e. The summed E-state index contributed by atoms with van der Waals surface area (Å²) < 4.78 is 4.11. The number of azide groups is 1. The average Bonchev–Trinajstić information content (AvgIpc) is 3.40. The number of imidazole rings is 1. The van der Waals surface area contributed by atoms with Gasteiger partial charge in [0.15, 0.2) is 0 Å². The molecule has 0 aliphatic carbocycles. The highest BCUT2D eigenvalue weighted by atomic mass is 35.5. The van der Waals surface area contributed by atoms with Crippen molar-refractivity contribution in [3.8, 4) is 11.1 Å². The van der Waals surface area contributed by atoms with E-state index in [0.29, 0.717) is 23.0 Å². The number of aryl methyl sites for hydroxylation is 2. The summed E-state index contributed by atoms with van der Waals surface area (Å²) in [5.74, 6) is 0. The van der Waals surface area contributed by atoms with Crippen molar-refractivity contribution >= 4 is 28.8 Å². The van der Waals surface area contributed by atoms with Gasteiger partial charge in [-0.3, -0.25) is 4.68 Å². The van der Waals surface area contributed by atoms with E-state index in [1.807, 2.05) is 36.0 Å². The maximum absolute atomic E-state index is 8.31. The van der Waals surface area contributed by atoms with Crippen molar-refractivity contribution in [3.63, 3.8) is 0 Å². The summed E-state index contributed by atoms with van der Waals surface area (Å²) in [6.45, 7) is 3.46. The van der Waals surface area contributed by atoms with Gasteiger partial charge in [-0.05, 0) is 61.2 Å². The SMILES string of the molecule is Cc1nc2ccc(-c3cnn(CCCCCCN=[N+]=[N-])c3)cn2c1Cc1cc(Cl)ccc1Cl. The van der Waals surface area contributed by atoms with Crippen LogP contribution in [0.25, 0.3) is 27.2 Å². The molecule has 170 valence electrons. The Labute approximate surface area is 202 Å². The molecule has 33 heavy (non-hydrogen) atoms. The van der Waals surface area contributed by atoms with Crippen LogP contribution in [0, 0.1) is 6.92 Å². The molecule has 0 unspecified atom stereocenters.